The Balaban J connectivity index is 2.78. The largest absolute Gasteiger partial charge is 0.446 e. The normalized spacial score (nSPS) is 14.9. The van der Waals surface area contributed by atoms with Crippen LogP contribution in [0.2, 0.25) is 0 Å². The van der Waals surface area contributed by atoms with Gasteiger partial charge in [0.25, 0.3) is 0 Å². The number of rotatable bonds is 1. The number of nitrogens with zero attached hydrogens (tertiary/aromatic N) is 1. The highest BCUT2D eigenvalue weighted by atomic mass is 16.4. The minimum Gasteiger partial charge on any atom is -0.446 e. The smallest absolute Gasteiger partial charge is 0.180 e. The quantitative estimate of drug-likeness (QED) is 0.672. The third-order valence-corrected chi connectivity index (χ3v) is 1.54. The molecule has 0 saturated heterocycles. The van der Waals surface area contributed by atoms with E-state index in [0.717, 1.165) is 0 Å². The molecule has 62 valence electrons. The van der Waals surface area contributed by atoms with Crippen LogP contribution in [-0.2, 0) is 0 Å². The van der Waals surface area contributed by atoms with Gasteiger partial charge in [-0.3, -0.25) is 0 Å². The molecule has 0 aliphatic carbocycles. The van der Waals surface area contributed by atoms with E-state index < -0.39 is 6.10 Å². The molecule has 1 rings (SSSR count). The summed E-state index contributed by atoms with van der Waals surface area (Å²) in [6.07, 6.45) is 2.28. The van der Waals surface area contributed by atoms with E-state index in [9.17, 15) is 5.11 Å². The van der Waals surface area contributed by atoms with Crippen molar-refractivity contribution < 1.29 is 9.52 Å². The number of aliphatic hydroxyl groups excluding tert-OH is 1. The summed E-state index contributed by atoms with van der Waals surface area (Å²) in [5, 5.41) is 9.61. The van der Waals surface area contributed by atoms with Crippen molar-refractivity contribution in [2.24, 2.45) is 5.41 Å². The molecule has 0 bridgehead atoms. The lowest BCUT2D eigenvalue weighted by Gasteiger charge is -2.23. The Morgan fingerprint density at radius 3 is 2.55 bits per heavy atom. The molecule has 0 aliphatic heterocycles. The summed E-state index contributed by atoms with van der Waals surface area (Å²) in [7, 11) is 0. The number of oxazole rings is 1. The van der Waals surface area contributed by atoms with Gasteiger partial charge in [-0.15, -0.1) is 0 Å². The van der Waals surface area contributed by atoms with Crippen LogP contribution in [0.1, 0.15) is 32.6 Å². The van der Waals surface area contributed by atoms with E-state index >= 15 is 0 Å². The van der Waals surface area contributed by atoms with Gasteiger partial charge >= 0.3 is 0 Å². The average molecular weight is 155 g/mol. The van der Waals surface area contributed by atoms with Crippen LogP contribution in [-0.4, -0.2) is 10.1 Å². The fourth-order valence-electron chi connectivity index (χ4n) is 0.787. The Morgan fingerprint density at radius 1 is 1.55 bits per heavy atom. The number of hydrogen-bond acceptors (Lipinski definition) is 3. The molecular formula is C8H13NO2. The van der Waals surface area contributed by atoms with Crippen LogP contribution >= 0.6 is 0 Å². The predicted octanol–water partition coefficient (Wildman–Crippen LogP) is 1.75. The van der Waals surface area contributed by atoms with E-state index in [1.807, 2.05) is 20.8 Å². The van der Waals surface area contributed by atoms with E-state index in [1.165, 1.54) is 12.6 Å². The molecule has 0 spiro atoms. The van der Waals surface area contributed by atoms with E-state index in [1.54, 1.807) is 0 Å². The molecule has 0 aliphatic rings. The second-order valence-corrected chi connectivity index (χ2v) is 3.67. The highest BCUT2D eigenvalue weighted by Crippen LogP contribution is 2.31. The fourth-order valence-corrected chi connectivity index (χ4v) is 0.787. The summed E-state index contributed by atoms with van der Waals surface area (Å²) in [5.74, 6) is 0.525. The molecule has 0 saturated carbocycles. The maximum absolute atomic E-state index is 9.61. The van der Waals surface area contributed by atoms with Gasteiger partial charge in [0.1, 0.15) is 6.10 Å². The average Bonchev–Trinajstić information content (AvgIpc) is 2.34. The summed E-state index contributed by atoms with van der Waals surface area (Å²) in [6, 6.07) is 0. The predicted molar refractivity (Wildman–Crippen MR) is 40.9 cm³/mol. The van der Waals surface area contributed by atoms with Gasteiger partial charge in [0, 0.05) is 0 Å². The van der Waals surface area contributed by atoms with Crippen molar-refractivity contribution in [3.63, 3.8) is 0 Å². The van der Waals surface area contributed by atoms with Gasteiger partial charge in [-0.25, -0.2) is 4.98 Å². The van der Waals surface area contributed by atoms with Crippen molar-refractivity contribution in [1.82, 2.24) is 4.98 Å². The minimum absolute atomic E-state index is 0.195. The third kappa shape index (κ3) is 1.80. The number of aromatic nitrogens is 1. The summed E-state index contributed by atoms with van der Waals surface area (Å²) >= 11 is 0. The lowest BCUT2D eigenvalue weighted by Crippen LogP contribution is -2.17. The lowest BCUT2D eigenvalue weighted by molar-refractivity contribution is 0.0434. The number of aliphatic hydroxyl groups is 1. The van der Waals surface area contributed by atoms with Crippen LogP contribution in [0.15, 0.2) is 17.0 Å². The SMILES string of the molecule is CC(C)(C)C(O)c1cnco1. The van der Waals surface area contributed by atoms with Crippen LogP contribution in [0.3, 0.4) is 0 Å². The Hall–Kier alpha value is -0.830. The first-order chi connectivity index (χ1) is 5.02. The first kappa shape index (κ1) is 8.27. The van der Waals surface area contributed by atoms with E-state index in [4.69, 9.17) is 4.42 Å². The summed E-state index contributed by atoms with van der Waals surface area (Å²) in [5.41, 5.74) is -0.195. The van der Waals surface area contributed by atoms with Crippen molar-refractivity contribution in [2.45, 2.75) is 26.9 Å². The highest BCUT2D eigenvalue weighted by molar-refractivity contribution is 4.97. The zero-order valence-electron chi connectivity index (χ0n) is 7.03. The van der Waals surface area contributed by atoms with Crippen LogP contribution in [0.5, 0.6) is 0 Å². The van der Waals surface area contributed by atoms with Gasteiger partial charge in [-0.1, -0.05) is 20.8 Å². The highest BCUT2D eigenvalue weighted by Gasteiger charge is 2.26. The molecule has 0 fully saturated rings. The monoisotopic (exact) mass is 155 g/mol. The molecule has 0 radical (unpaired) electrons. The Bertz CT molecular complexity index is 210. The van der Waals surface area contributed by atoms with Gasteiger partial charge in [-0.2, -0.15) is 0 Å². The summed E-state index contributed by atoms with van der Waals surface area (Å²) < 4.78 is 4.96. The lowest BCUT2D eigenvalue weighted by atomic mass is 9.88. The molecule has 1 unspecified atom stereocenters. The fraction of sp³-hybridized carbons (Fsp3) is 0.625. The maximum atomic E-state index is 9.61. The molecule has 1 atom stereocenters. The van der Waals surface area contributed by atoms with Crippen LogP contribution in [0, 0.1) is 5.41 Å². The van der Waals surface area contributed by atoms with E-state index in [2.05, 4.69) is 4.98 Å². The molecule has 1 aromatic heterocycles. The van der Waals surface area contributed by atoms with Gasteiger partial charge in [0.05, 0.1) is 6.20 Å². The van der Waals surface area contributed by atoms with Crippen LogP contribution in [0.4, 0.5) is 0 Å². The van der Waals surface area contributed by atoms with Crippen molar-refractivity contribution in [1.29, 1.82) is 0 Å². The Kier molecular flexibility index (Phi) is 2.00. The van der Waals surface area contributed by atoms with Crippen LogP contribution in [0.25, 0.3) is 0 Å². The molecule has 0 amide bonds. The standard InChI is InChI=1S/C8H13NO2/c1-8(2,3)7(10)6-4-9-5-11-6/h4-5,7,10H,1-3H3. The van der Waals surface area contributed by atoms with Crippen molar-refractivity contribution in [3.8, 4) is 0 Å². The molecule has 3 nitrogen and oxygen atoms in total. The van der Waals surface area contributed by atoms with Crippen molar-refractivity contribution in [2.75, 3.05) is 0 Å². The van der Waals surface area contributed by atoms with E-state index in [0.29, 0.717) is 5.76 Å². The molecule has 0 aromatic carbocycles. The first-order valence-corrected chi connectivity index (χ1v) is 3.58. The first-order valence-electron chi connectivity index (χ1n) is 3.58. The van der Waals surface area contributed by atoms with Gasteiger partial charge in [0.2, 0.25) is 0 Å². The molecule has 1 N–H and O–H groups in total. The van der Waals surface area contributed by atoms with Crippen molar-refractivity contribution in [3.05, 3.63) is 18.4 Å². The zero-order chi connectivity index (χ0) is 8.48. The van der Waals surface area contributed by atoms with Crippen LogP contribution < -0.4 is 0 Å². The second-order valence-electron chi connectivity index (χ2n) is 3.67. The Labute approximate surface area is 66.1 Å². The minimum atomic E-state index is -0.579. The molecule has 1 heterocycles. The molecular weight excluding hydrogens is 142 g/mol. The number of hydrogen-bond donors (Lipinski definition) is 1. The topological polar surface area (TPSA) is 46.3 Å². The maximum Gasteiger partial charge on any atom is 0.180 e. The molecule has 11 heavy (non-hydrogen) atoms. The third-order valence-electron chi connectivity index (χ3n) is 1.54. The summed E-state index contributed by atoms with van der Waals surface area (Å²) in [6.45, 7) is 5.83. The molecule has 3 heteroatoms. The van der Waals surface area contributed by atoms with E-state index in [-0.39, 0.29) is 5.41 Å². The Morgan fingerprint density at radius 2 is 2.18 bits per heavy atom. The van der Waals surface area contributed by atoms with Gasteiger partial charge in [0.15, 0.2) is 12.2 Å². The zero-order valence-corrected chi connectivity index (χ0v) is 7.03. The second kappa shape index (κ2) is 2.66. The van der Waals surface area contributed by atoms with Crippen molar-refractivity contribution >= 4 is 0 Å². The molecule has 1 aromatic rings. The van der Waals surface area contributed by atoms with Gasteiger partial charge in [-0.05, 0) is 5.41 Å². The summed E-state index contributed by atoms with van der Waals surface area (Å²) in [4.78, 5) is 3.73. The van der Waals surface area contributed by atoms with Gasteiger partial charge < -0.3 is 9.52 Å².